The Labute approximate surface area is 103 Å². The summed E-state index contributed by atoms with van der Waals surface area (Å²) in [5.74, 6) is -0.0382. The van der Waals surface area contributed by atoms with Crippen molar-refractivity contribution >= 4 is 39.1 Å². The van der Waals surface area contributed by atoms with Crippen molar-refractivity contribution in [3.05, 3.63) is 30.3 Å². The van der Waals surface area contributed by atoms with Gasteiger partial charge in [0, 0.05) is 12.7 Å². The first-order valence-electron chi connectivity index (χ1n) is 4.65. The van der Waals surface area contributed by atoms with E-state index in [-0.39, 0.29) is 16.1 Å². The predicted molar refractivity (Wildman–Crippen MR) is 67.9 cm³/mol. The van der Waals surface area contributed by atoms with Gasteiger partial charge in [0.25, 0.3) is 0 Å². The van der Waals surface area contributed by atoms with Gasteiger partial charge in [-0.2, -0.15) is 0 Å². The smallest absolute Gasteiger partial charge is 0.242 e. The van der Waals surface area contributed by atoms with Crippen molar-refractivity contribution in [3.8, 4) is 0 Å². The van der Waals surface area contributed by atoms with Crippen LogP contribution in [0.4, 0.5) is 5.69 Å². The molecule has 0 heterocycles. The van der Waals surface area contributed by atoms with Crippen LogP contribution in [0.2, 0.25) is 0 Å². The van der Waals surface area contributed by atoms with Gasteiger partial charge in [-0.1, -0.05) is 34.1 Å². The van der Waals surface area contributed by atoms with E-state index in [1.165, 1.54) is 0 Å². The largest absolute Gasteiger partial charge is 0.314 e. The molecule has 1 rings (SSSR count). The van der Waals surface area contributed by atoms with Gasteiger partial charge < -0.3 is 4.90 Å². The van der Waals surface area contributed by atoms with Crippen molar-refractivity contribution in [1.82, 2.24) is 0 Å². The lowest BCUT2D eigenvalue weighted by atomic mass is 10.2. The Bertz CT molecular complexity index is 329. The number of hydrogen-bond donors (Lipinski definition) is 0. The zero-order valence-electron chi connectivity index (χ0n) is 8.65. The Hall–Kier alpha value is -0.540. The number of hydrogen-bond acceptors (Lipinski definition) is 1. The summed E-state index contributed by atoms with van der Waals surface area (Å²) in [5.41, 5.74) is 0.865. The lowest BCUT2D eigenvalue weighted by Crippen LogP contribution is -2.36. The molecule has 0 saturated carbocycles. The highest BCUT2D eigenvalue weighted by Gasteiger charge is 2.24. The fraction of sp³-hybridized carbons (Fsp3) is 0.364. The molecule has 1 aromatic carbocycles. The fourth-order valence-corrected chi connectivity index (χ4v) is 1.58. The fourth-order valence-electron chi connectivity index (χ4n) is 1.16. The molecular formula is C11H13BrClNO. The molecule has 1 aromatic rings. The molecular weight excluding hydrogens is 277 g/mol. The minimum atomic E-state index is -0.357. The topological polar surface area (TPSA) is 20.3 Å². The number of anilines is 1. The highest BCUT2D eigenvalue weighted by Crippen LogP contribution is 2.18. The summed E-state index contributed by atoms with van der Waals surface area (Å²) in [6.45, 7) is 1.79. The van der Waals surface area contributed by atoms with Crippen molar-refractivity contribution in [2.75, 3.05) is 11.9 Å². The normalized spacial score (nSPS) is 14.4. The molecule has 0 bridgehead atoms. The molecule has 0 radical (unpaired) electrons. The number of halogens is 2. The molecule has 0 aliphatic carbocycles. The van der Waals surface area contributed by atoms with Crippen molar-refractivity contribution in [2.24, 2.45) is 0 Å². The highest BCUT2D eigenvalue weighted by molar-refractivity contribution is 9.10. The van der Waals surface area contributed by atoms with Crippen LogP contribution < -0.4 is 4.90 Å². The van der Waals surface area contributed by atoms with Gasteiger partial charge in [-0.3, -0.25) is 4.79 Å². The van der Waals surface area contributed by atoms with Crippen LogP contribution in [0.1, 0.15) is 6.92 Å². The van der Waals surface area contributed by atoms with Gasteiger partial charge in [-0.25, -0.2) is 0 Å². The summed E-state index contributed by atoms with van der Waals surface area (Å²) in [6.07, 6.45) is 0. The SMILES string of the molecule is CC(Cl)C(Br)C(=O)N(C)c1ccccc1. The minimum Gasteiger partial charge on any atom is -0.314 e. The van der Waals surface area contributed by atoms with Crippen molar-refractivity contribution in [3.63, 3.8) is 0 Å². The van der Waals surface area contributed by atoms with Gasteiger partial charge >= 0.3 is 0 Å². The summed E-state index contributed by atoms with van der Waals surface area (Å²) >= 11 is 9.14. The van der Waals surface area contributed by atoms with Crippen LogP contribution in [-0.2, 0) is 4.79 Å². The molecule has 0 saturated heterocycles. The molecule has 0 fully saturated rings. The molecule has 0 N–H and O–H groups in total. The first-order chi connectivity index (χ1) is 7.04. The Morgan fingerprint density at radius 2 is 1.93 bits per heavy atom. The average Bonchev–Trinajstić information content (AvgIpc) is 2.27. The van der Waals surface area contributed by atoms with E-state index in [1.807, 2.05) is 30.3 Å². The van der Waals surface area contributed by atoms with Gasteiger partial charge in [0.05, 0.1) is 5.38 Å². The van der Waals surface area contributed by atoms with E-state index in [4.69, 9.17) is 11.6 Å². The van der Waals surface area contributed by atoms with E-state index < -0.39 is 0 Å². The summed E-state index contributed by atoms with van der Waals surface area (Å²) in [6, 6.07) is 9.48. The maximum Gasteiger partial charge on any atom is 0.242 e. The first kappa shape index (κ1) is 12.5. The average molecular weight is 291 g/mol. The third-order valence-electron chi connectivity index (χ3n) is 2.11. The Morgan fingerprint density at radius 1 is 1.40 bits per heavy atom. The monoisotopic (exact) mass is 289 g/mol. The predicted octanol–water partition coefficient (Wildman–Crippen LogP) is 3.04. The number of para-hydroxylation sites is 1. The molecule has 2 unspecified atom stereocenters. The zero-order valence-corrected chi connectivity index (χ0v) is 11.0. The van der Waals surface area contributed by atoms with E-state index in [0.717, 1.165) is 5.69 Å². The number of alkyl halides is 2. The van der Waals surface area contributed by atoms with Gasteiger partial charge in [0.2, 0.25) is 5.91 Å². The third kappa shape index (κ3) is 3.21. The zero-order chi connectivity index (χ0) is 11.4. The second kappa shape index (κ2) is 5.52. The summed E-state index contributed by atoms with van der Waals surface area (Å²) in [7, 11) is 1.74. The summed E-state index contributed by atoms with van der Waals surface area (Å²) < 4.78 is 0. The summed E-state index contributed by atoms with van der Waals surface area (Å²) in [4.78, 5) is 13.1. The Balaban J connectivity index is 2.78. The Morgan fingerprint density at radius 3 is 2.40 bits per heavy atom. The molecule has 2 atom stereocenters. The summed E-state index contributed by atoms with van der Waals surface area (Å²) in [5, 5.41) is -0.233. The van der Waals surface area contributed by atoms with Crippen LogP contribution in [0, 0.1) is 0 Å². The molecule has 82 valence electrons. The van der Waals surface area contributed by atoms with Crippen molar-refractivity contribution < 1.29 is 4.79 Å². The van der Waals surface area contributed by atoms with Gasteiger partial charge in [-0.15, -0.1) is 11.6 Å². The van der Waals surface area contributed by atoms with Gasteiger partial charge in [0.15, 0.2) is 0 Å². The van der Waals surface area contributed by atoms with E-state index in [0.29, 0.717) is 0 Å². The second-order valence-electron chi connectivity index (χ2n) is 3.31. The first-order valence-corrected chi connectivity index (χ1v) is 6.00. The highest BCUT2D eigenvalue weighted by atomic mass is 79.9. The molecule has 0 spiro atoms. The van der Waals surface area contributed by atoms with Crippen LogP contribution in [0.25, 0.3) is 0 Å². The van der Waals surface area contributed by atoms with E-state index >= 15 is 0 Å². The van der Waals surface area contributed by atoms with Gasteiger partial charge in [0.1, 0.15) is 4.83 Å². The van der Waals surface area contributed by atoms with Crippen LogP contribution in [0.15, 0.2) is 30.3 Å². The minimum absolute atomic E-state index is 0.0382. The maximum absolute atomic E-state index is 11.9. The third-order valence-corrected chi connectivity index (χ3v) is 3.85. The van der Waals surface area contributed by atoms with E-state index in [1.54, 1.807) is 18.9 Å². The van der Waals surface area contributed by atoms with Crippen molar-refractivity contribution in [2.45, 2.75) is 17.1 Å². The number of carbonyl (C=O) groups is 1. The molecule has 0 aliphatic heterocycles. The van der Waals surface area contributed by atoms with Crippen LogP contribution >= 0.6 is 27.5 Å². The van der Waals surface area contributed by atoms with Gasteiger partial charge in [-0.05, 0) is 19.1 Å². The van der Waals surface area contributed by atoms with E-state index in [2.05, 4.69) is 15.9 Å². The number of rotatable bonds is 3. The van der Waals surface area contributed by atoms with Crippen LogP contribution in [-0.4, -0.2) is 23.2 Å². The number of carbonyl (C=O) groups excluding carboxylic acids is 1. The standard InChI is InChI=1S/C11H13BrClNO/c1-8(13)10(12)11(15)14(2)9-6-4-3-5-7-9/h3-8,10H,1-2H3. The molecule has 4 heteroatoms. The quantitative estimate of drug-likeness (QED) is 0.784. The lowest BCUT2D eigenvalue weighted by molar-refractivity contribution is -0.117. The maximum atomic E-state index is 11.9. The number of amides is 1. The lowest BCUT2D eigenvalue weighted by Gasteiger charge is -2.21. The molecule has 2 nitrogen and oxygen atoms in total. The molecule has 1 amide bonds. The second-order valence-corrected chi connectivity index (χ2v) is 4.99. The van der Waals surface area contributed by atoms with Crippen LogP contribution in [0.3, 0.4) is 0 Å². The van der Waals surface area contributed by atoms with E-state index in [9.17, 15) is 4.79 Å². The molecule has 0 aromatic heterocycles. The molecule has 15 heavy (non-hydrogen) atoms. The molecule has 0 aliphatic rings. The Kier molecular flexibility index (Phi) is 4.61. The number of benzene rings is 1. The number of nitrogens with zero attached hydrogens (tertiary/aromatic N) is 1. The van der Waals surface area contributed by atoms with Crippen LogP contribution in [0.5, 0.6) is 0 Å². The van der Waals surface area contributed by atoms with Crippen molar-refractivity contribution in [1.29, 1.82) is 0 Å².